The van der Waals surface area contributed by atoms with Gasteiger partial charge in [0.25, 0.3) is 0 Å². The monoisotopic (exact) mass is 205 g/mol. The zero-order chi connectivity index (χ0) is 11.1. The number of nitriles is 1. The Hall–Kier alpha value is -1.86. The average Bonchev–Trinajstić information content (AvgIpc) is 2.27. The number of nitrogens with zero attached hydrogens (tertiary/aromatic N) is 1. The fourth-order valence-electron chi connectivity index (χ4n) is 1.05. The van der Waals surface area contributed by atoms with Crippen molar-refractivity contribution < 1.29 is 14.3 Å². The quantitative estimate of drug-likeness (QED) is 0.723. The molecule has 0 saturated heterocycles. The predicted octanol–water partition coefficient (Wildman–Crippen LogP) is 1.15. The number of methoxy groups -OCH3 is 1. The Balaban J connectivity index is 2.58. The highest BCUT2D eigenvalue weighted by Crippen LogP contribution is 2.16. The lowest BCUT2D eigenvalue weighted by molar-refractivity contribution is -0.124. The zero-order valence-corrected chi connectivity index (χ0v) is 8.40. The normalized spacial score (nSPS) is 9.33. The molecule has 0 bridgehead atoms. The summed E-state index contributed by atoms with van der Waals surface area (Å²) < 4.78 is 9.84. The van der Waals surface area contributed by atoms with Gasteiger partial charge in [0, 0.05) is 7.11 Å². The molecule has 1 rings (SSSR count). The molecule has 0 amide bonds. The van der Waals surface area contributed by atoms with Crippen LogP contribution in [0.1, 0.15) is 5.56 Å². The van der Waals surface area contributed by atoms with Gasteiger partial charge in [-0.3, -0.25) is 4.79 Å². The second-order valence-electron chi connectivity index (χ2n) is 2.87. The van der Waals surface area contributed by atoms with E-state index in [0.29, 0.717) is 11.3 Å². The number of hydrogen-bond acceptors (Lipinski definition) is 4. The van der Waals surface area contributed by atoms with Crippen molar-refractivity contribution in [2.45, 2.75) is 0 Å². The molecule has 1 aromatic rings. The van der Waals surface area contributed by atoms with Gasteiger partial charge in [0.05, 0.1) is 5.56 Å². The van der Waals surface area contributed by atoms with Gasteiger partial charge in [-0.15, -0.1) is 0 Å². The first-order valence-electron chi connectivity index (χ1n) is 4.40. The molecule has 0 aromatic heterocycles. The van der Waals surface area contributed by atoms with E-state index in [1.54, 1.807) is 24.3 Å². The Morgan fingerprint density at radius 1 is 1.40 bits per heavy atom. The van der Waals surface area contributed by atoms with E-state index in [1.165, 1.54) is 7.11 Å². The molecule has 0 saturated carbocycles. The maximum Gasteiger partial charge on any atom is 0.195 e. The van der Waals surface area contributed by atoms with E-state index in [-0.39, 0.29) is 19.0 Å². The number of carbonyl (C=O) groups is 1. The molecule has 0 spiro atoms. The van der Waals surface area contributed by atoms with Gasteiger partial charge >= 0.3 is 0 Å². The minimum absolute atomic E-state index is 0.0225. The Kier molecular flexibility index (Phi) is 4.32. The van der Waals surface area contributed by atoms with E-state index in [9.17, 15) is 4.79 Å². The molecule has 15 heavy (non-hydrogen) atoms. The molecule has 78 valence electrons. The summed E-state index contributed by atoms with van der Waals surface area (Å²) >= 11 is 0. The molecule has 0 aliphatic heterocycles. The number of Topliss-reactive ketones (excluding diaryl/α,β-unsaturated/α-hetero) is 1. The first-order chi connectivity index (χ1) is 7.27. The predicted molar refractivity (Wildman–Crippen MR) is 53.5 cm³/mol. The number of carbonyl (C=O) groups excluding carboxylic acids is 1. The summed E-state index contributed by atoms with van der Waals surface area (Å²) in [6.07, 6.45) is 0. The smallest absolute Gasteiger partial charge is 0.195 e. The molecular formula is C11H11NO3. The Labute approximate surface area is 88.0 Å². The highest BCUT2D eigenvalue weighted by molar-refractivity contribution is 5.81. The van der Waals surface area contributed by atoms with E-state index in [0.717, 1.165) is 0 Å². The molecule has 1 aromatic carbocycles. The topological polar surface area (TPSA) is 59.3 Å². The molecule has 0 N–H and O–H groups in total. The summed E-state index contributed by atoms with van der Waals surface area (Å²) in [5.74, 6) is 0.259. The lowest BCUT2D eigenvalue weighted by Crippen LogP contribution is -2.16. The van der Waals surface area contributed by atoms with Crippen molar-refractivity contribution in [2.24, 2.45) is 0 Å². The van der Waals surface area contributed by atoms with Crippen LogP contribution in [0, 0.1) is 11.3 Å². The molecule has 4 nitrogen and oxygen atoms in total. The average molecular weight is 205 g/mol. The first kappa shape index (κ1) is 11.2. The summed E-state index contributed by atoms with van der Waals surface area (Å²) in [4.78, 5) is 11.1. The highest BCUT2D eigenvalue weighted by Gasteiger charge is 2.05. The van der Waals surface area contributed by atoms with Crippen LogP contribution >= 0.6 is 0 Å². The van der Waals surface area contributed by atoms with Crippen molar-refractivity contribution in [2.75, 3.05) is 20.3 Å². The van der Waals surface area contributed by atoms with E-state index in [2.05, 4.69) is 4.74 Å². The Morgan fingerprint density at radius 3 is 2.80 bits per heavy atom. The zero-order valence-electron chi connectivity index (χ0n) is 8.40. The summed E-state index contributed by atoms with van der Waals surface area (Å²) in [5.41, 5.74) is 0.419. The molecule has 0 atom stereocenters. The van der Waals surface area contributed by atoms with Crippen LogP contribution < -0.4 is 4.74 Å². The lowest BCUT2D eigenvalue weighted by Gasteiger charge is -2.05. The third kappa shape index (κ3) is 3.41. The summed E-state index contributed by atoms with van der Waals surface area (Å²) in [6, 6.07) is 8.76. The van der Waals surface area contributed by atoms with Crippen LogP contribution in [0.4, 0.5) is 0 Å². The van der Waals surface area contributed by atoms with Crippen molar-refractivity contribution in [3.05, 3.63) is 29.8 Å². The minimum Gasteiger partial charge on any atom is -0.484 e. The van der Waals surface area contributed by atoms with Gasteiger partial charge in [0.2, 0.25) is 0 Å². The first-order valence-corrected chi connectivity index (χ1v) is 4.40. The number of benzene rings is 1. The second kappa shape index (κ2) is 5.78. The van der Waals surface area contributed by atoms with Gasteiger partial charge < -0.3 is 9.47 Å². The standard InChI is InChI=1S/C11H11NO3/c1-14-7-10(13)8-15-11-5-3-2-4-9(11)6-12/h2-5H,7-8H2,1H3. The summed E-state index contributed by atoms with van der Waals surface area (Å²) in [5, 5.41) is 8.75. The fraction of sp³-hybridized carbons (Fsp3) is 0.273. The van der Waals surface area contributed by atoms with Crippen molar-refractivity contribution in [1.82, 2.24) is 0 Å². The van der Waals surface area contributed by atoms with E-state index < -0.39 is 0 Å². The molecule has 0 fully saturated rings. The van der Waals surface area contributed by atoms with Crippen molar-refractivity contribution in [3.63, 3.8) is 0 Å². The van der Waals surface area contributed by atoms with Gasteiger partial charge in [0.15, 0.2) is 5.78 Å². The molecular weight excluding hydrogens is 194 g/mol. The van der Waals surface area contributed by atoms with Crippen LogP contribution in [-0.4, -0.2) is 26.1 Å². The van der Waals surface area contributed by atoms with Crippen molar-refractivity contribution in [1.29, 1.82) is 5.26 Å². The Bertz CT molecular complexity index is 382. The number of ketones is 1. The highest BCUT2D eigenvalue weighted by atomic mass is 16.5. The summed E-state index contributed by atoms with van der Waals surface area (Å²) in [6.45, 7) is -0.0543. The SMILES string of the molecule is COCC(=O)COc1ccccc1C#N. The van der Waals surface area contributed by atoms with Crippen LogP contribution in [0.15, 0.2) is 24.3 Å². The second-order valence-corrected chi connectivity index (χ2v) is 2.87. The molecule has 0 aliphatic carbocycles. The van der Waals surface area contributed by atoms with E-state index in [1.807, 2.05) is 6.07 Å². The largest absolute Gasteiger partial charge is 0.484 e. The number of para-hydroxylation sites is 1. The molecule has 0 radical (unpaired) electrons. The van der Waals surface area contributed by atoms with Gasteiger partial charge in [0.1, 0.15) is 25.0 Å². The van der Waals surface area contributed by atoms with E-state index in [4.69, 9.17) is 10.00 Å². The molecule has 0 unspecified atom stereocenters. The third-order valence-electron chi connectivity index (χ3n) is 1.70. The molecule has 0 aliphatic rings. The van der Waals surface area contributed by atoms with Gasteiger partial charge in [-0.25, -0.2) is 0 Å². The number of rotatable bonds is 5. The van der Waals surface area contributed by atoms with Crippen molar-refractivity contribution >= 4 is 5.78 Å². The minimum atomic E-state index is -0.162. The van der Waals surface area contributed by atoms with Gasteiger partial charge in [-0.05, 0) is 12.1 Å². The molecule has 4 heteroatoms. The third-order valence-corrected chi connectivity index (χ3v) is 1.70. The van der Waals surface area contributed by atoms with Crippen LogP contribution in [0.25, 0.3) is 0 Å². The van der Waals surface area contributed by atoms with Crippen LogP contribution in [0.5, 0.6) is 5.75 Å². The molecule has 0 heterocycles. The lowest BCUT2D eigenvalue weighted by atomic mass is 10.2. The Morgan fingerprint density at radius 2 is 2.13 bits per heavy atom. The van der Waals surface area contributed by atoms with Crippen LogP contribution in [-0.2, 0) is 9.53 Å². The van der Waals surface area contributed by atoms with Crippen molar-refractivity contribution in [3.8, 4) is 11.8 Å². The number of hydrogen-bond donors (Lipinski definition) is 0. The van der Waals surface area contributed by atoms with Crippen LogP contribution in [0.2, 0.25) is 0 Å². The maximum atomic E-state index is 11.1. The fourth-order valence-corrected chi connectivity index (χ4v) is 1.05. The maximum absolute atomic E-state index is 11.1. The van der Waals surface area contributed by atoms with Gasteiger partial charge in [-0.2, -0.15) is 5.26 Å². The van der Waals surface area contributed by atoms with Gasteiger partial charge in [-0.1, -0.05) is 12.1 Å². The van der Waals surface area contributed by atoms with E-state index >= 15 is 0 Å². The van der Waals surface area contributed by atoms with Crippen LogP contribution in [0.3, 0.4) is 0 Å². The number of ether oxygens (including phenoxy) is 2. The summed E-state index contributed by atoms with van der Waals surface area (Å²) in [7, 11) is 1.45.